The summed E-state index contributed by atoms with van der Waals surface area (Å²) in [6.45, 7) is 0. The first-order valence-electron chi connectivity index (χ1n) is 7.13. The van der Waals surface area contributed by atoms with Crippen molar-refractivity contribution in [2.24, 2.45) is 0 Å². The fraction of sp³-hybridized carbons (Fsp3) is 0.188. The molecule has 124 valence electrons. The zero-order valence-corrected chi connectivity index (χ0v) is 14.0. The van der Waals surface area contributed by atoms with E-state index in [4.69, 9.17) is 0 Å². The minimum Gasteiger partial charge on any atom is -0.322 e. The molecule has 0 unspecified atom stereocenters. The number of benzene rings is 2. The summed E-state index contributed by atoms with van der Waals surface area (Å²) in [6, 6.07) is 10.5. The quantitative estimate of drug-likeness (QED) is 0.640. The van der Waals surface area contributed by atoms with Crippen LogP contribution in [0, 0.1) is 15.9 Å². The number of nitro benzene ring substituents is 1. The maximum absolute atomic E-state index is 13.3. The van der Waals surface area contributed by atoms with Gasteiger partial charge in [-0.05, 0) is 29.8 Å². The number of nitro groups is 1. The number of thioether (sulfide) groups is 2. The molecule has 3 rings (SSSR count). The van der Waals surface area contributed by atoms with Gasteiger partial charge in [0.25, 0.3) is 5.91 Å². The maximum Gasteiger partial charge on any atom is 0.306 e. The average molecular weight is 364 g/mol. The predicted octanol–water partition coefficient (Wildman–Crippen LogP) is 4.46. The molecular weight excluding hydrogens is 351 g/mol. The highest BCUT2D eigenvalue weighted by Crippen LogP contribution is 2.45. The van der Waals surface area contributed by atoms with Crippen LogP contribution in [0.4, 0.5) is 15.8 Å². The Morgan fingerprint density at radius 2 is 1.83 bits per heavy atom. The smallest absolute Gasteiger partial charge is 0.306 e. The van der Waals surface area contributed by atoms with Crippen molar-refractivity contribution in [3.8, 4) is 0 Å². The topological polar surface area (TPSA) is 72.2 Å². The Bertz CT molecular complexity index is 777. The minimum absolute atomic E-state index is 0.180. The normalized spacial score (nSPS) is 14.5. The highest BCUT2D eigenvalue weighted by molar-refractivity contribution is 8.19. The molecule has 1 heterocycles. The standard InChI is InChI=1S/C16H13FN2O3S2/c17-13-6-5-12(9-14(13)19(21)22)18-15(20)10-1-3-11(4-2-10)16-23-7-8-24-16/h1-6,9,16H,7-8H2,(H,18,20). The molecule has 1 fully saturated rings. The molecule has 2 aromatic rings. The van der Waals surface area contributed by atoms with E-state index in [0.717, 1.165) is 29.2 Å². The van der Waals surface area contributed by atoms with Crippen LogP contribution in [0.5, 0.6) is 0 Å². The van der Waals surface area contributed by atoms with Crippen LogP contribution >= 0.6 is 23.5 Å². The number of rotatable bonds is 4. The van der Waals surface area contributed by atoms with E-state index in [2.05, 4.69) is 5.32 Å². The van der Waals surface area contributed by atoms with Crippen LogP contribution in [0.1, 0.15) is 20.5 Å². The second kappa shape index (κ2) is 7.23. The van der Waals surface area contributed by atoms with Crippen molar-refractivity contribution in [3.05, 3.63) is 69.5 Å². The summed E-state index contributed by atoms with van der Waals surface area (Å²) < 4.78 is 13.7. The van der Waals surface area contributed by atoms with Crippen LogP contribution in [0.25, 0.3) is 0 Å². The SMILES string of the molecule is O=C(Nc1ccc(F)c([N+](=O)[O-])c1)c1ccc(C2SCCS2)cc1. The Labute approximate surface area is 146 Å². The number of amides is 1. The number of hydrogen-bond donors (Lipinski definition) is 1. The number of carbonyl (C=O) groups is 1. The van der Waals surface area contributed by atoms with Gasteiger partial charge in [-0.3, -0.25) is 14.9 Å². The fourth-order valence-corrected chi connectivity index (χ4v) is 5.14. The number of hydrogen-bond acceptors (Lipinski definition) is 5. The van der Waals surface area contributed by atoms with Gasteiger partial charge in [0.15, 0.2) is 0 Å². The van der Waals surface area contributed by atoms with Gasteiger partial charge in [0.05, 0.1) is 9.51 Å². The summed E-state index contributed by atoms with van der Waals surface area (Å²) in [4.78, 5) is 22.1. The van der Waals surface area contributed by atoms with Crippen molar-refractivity contribution in [2.45, 2.75) is 4.58 Å². The minimum atomic E-state index is -0.936. The molecule has 0 aliphatic carbocycles. The van der Waals surface area contributed by atoms with Gasteiger partial charge in [-0.2, -0.15) is 4.39 Å². The third kappa shape index (κ3) is 3.70. The van der Waals surface area contributed by atoms with Crippen molar-refractivity contribution < 1.29 is 14.1 Å². The van der Waals surface area contributed by atoms with E-state index in [9.17, 15) is 19.3 Å². The Morgan fingerprint density at radius 3 is 2.46 bits per heavy atom. The van der Waals surface area contributed by atoms with E-state index >= 15 is 0 Å². The largest absolute Gasteiger partial charge is 0.322 e. The van der Waals surface area contributed by atoms with Crippen LogP contribution in [-0.4, -0.2) is 22.3 Å². The first kappa shape index (κ1) is 16.8. The van der Waals surface area contributed by atoms with Gasteiger partial charge in [0.1, 0.15) is 0 Å². The molecule has 0 aromatic heterocycles. The van der Waals surface area contributed by atoms with E-state index in [1.807, 2.05) is 35.7 Å². The second-order valence-electron chi connectivity index (χ2n) is 5.07. The highest BCUT2D eigenvalue weighted by Gasteiger charge is 2.19. The summed E-state index contributed by atoms with van der Waals surface area (Å²) in [5.41, 5.74) is 1.12. The molecule has 1 aliphatic rings. The second-order valence-corrected chi connectivity index (χ2v) is 7.80. The molecule has 1 aliphatic heterocycles. The van der Waals surface area contributed by atoms with Crippen LogP contribution in [0.2, 0.25) is 0 Å². The van der Waals surface area contributed by atoms with Gasteiger partial charge < -0.3 is 5.32 Å². The molecule has 0 saturated carbocycles. The van der Waals surface area contributed by atoms with Crippen molar-refractivity contribution in [2.75, 3.05) is 16.8 Å². The van der Waals surface area contributed by atoms with Gasteiger partial charge in [0.2, 0.25) is 5.82 Å². The van der Waals surface area contributed by atoms with Gasteiger partial charge in [-0.25, -0.2) is 0 Å². The third-order valence-electron chi connectivity index (χ3n) is 3.47. The fourth-order valence-electron chi connectivity index (χ4n) is 2.28. The van der Waals surface area contributed by atoms with Crippen molar-refractivity contribution in [3.63, 3.8) is 0 Å². The third-order valence-corrected chi connectivity index (χ3v) is 6.57. The van der Waals surface area contributed by atoms with Crippen molar-refractivity contribution >= 4 is 40.8 Å². The van der Waals surface area contributed by atoms with Crippen LogP contribution in [-0.2, 0) is 0 Å². The van der Waals surface area contributed by atoms with E-state index in [1.165, 1.54) is 6.07 Å². The van der Waals surface area contributed by atoms with E-state index < -0.39 is 22.3 Å². The molecule has 0 radical (unpaired) electrons. The van der Waals surface area contributed by atoms with Gasteiger partial charge in [0, 0.05) is 28.8 Å². The Hall–Kier alpha value is -2.06. The molecule has 1 saturated heterocycles. The molecule has 8 heteroatoms. The first-order chi connectivity index (χ1) is 11.5. The van der Waals surface area contributed by atoms with E-state index in [0.29, 0.717) is 10.1 Å². The highest BCUT2D eigenvalue weighted by atomic mass is 32.2. The number of halogens is 1. The number of carbonyl (C=O) groups excluding carboxylic acids is 1. The number of anilines is 1. The zero-order chi connectivity index (χ0) is 17.1. The van der Waals surface area contributed by atoms with E-state index in [-0.39, 0.29) is 5.69 Å². The maximum atomic E-state index is 13.3. The number of nitrogens with one attached hydrogen (secondary N) is 1. The number of nitrogens with zero attached hydrogens (tertiary/aromatic N) is 1. The first-order valence-corrected chi connectivity index (χ1v) is 9.23. The molecular formula is C16H13FN2O3S2. The molecule has 1 amide bonds. The lowest BCUT2D eigenvalue weighted by atomic mass is 10.1. The van der Waals surface area contributed by atoms with Gasteiger partial charge in [-0.1, -0.05) is 12.1 Å². The summed E-state index contributed by atoms with van der Waals surface area (Å²) in [5.74, 6) is 0.921. The lowest BCUT2D eigenvalue weighted by molar-refractivity contribution is -0.387. The molecule has 2 aromatic carbocycles. The summed E-state index contributed by atoms with van der Waals surface area (Å²) in [5, 5.41) is 13.3. The van der Waals surface area contributed by atoms with Crippen molar-refractivity contribution in [1.29, 1.82) is 0 Å². The molecule has 5 nitrogen and oxygen atoms in total. The molecule has 0 bridgehead atoms. The summed E-state index contributed by atoms with van der Waals surface area (Å²) in [6.07, 6.45) is 0. The predicted molar refractivity (Wildman–Crippen MR) is 95.1 cm³/mol. The Balaban J connectivity index is 1.72. The van der Waals surface area contributed by atoms with E-state index in [1.54, 1.807) is 12.1 Å². The molecule has 0 atom stereocenters. The Morgan fingerprint density at radius 1 is 1.17 bits per heavy atom. The molecule has 24 heavy (non-hydrogen) atoms. The lowest BCUT2D eigenvalue weighted by Gasteiger charge is -2.09. The van der Waals surface area contributed by atoms with Gasteiger partial charge >= 0.3 is 5.69 Å². The monoisotopic (exact) mass is 364 g/mol. The van der Waals surface area contributed by atoms with Gasteiger partial charge in [-0.15, -0.1) is 23.5 Å². The average Bonchev–Trinajstić information content (AvgIpc) is 3.11. The Kier molecular flexibility index (Phi) is 5.06. The molecule has 0 spiro atoms. The summed E-state index contributed by atoms with van der Waals surface area (Å²) >= 11 is 3.76. The van der Waals surface area contributed by atoms with Crippen molar-refractivity contribution in [1.82, 2.24) is 0 Å². The van der Waals surface area contributed by atoms with Crippen LogP contribution in [0.3, 0.4) is 0 Å². The lowest BCUT2D eigenvalue weighted by Crippen LogP contribution is -2.12. The van der Waals surface area contributed by atoms with Crippen LogP contribution in [0.15, 0.2) is 42.5 Å². The molecule has 1 N–H and O–H groups in total. The summed E-state index contributed by atoms with van der Waals surface area (Å²) in [7, 11) is 0. The zero-order valence-electron chi connectivity index (χ0n) is 12.4. The van der Waals surface area contributed by atoms with Crippen LogP contribution < -0.4 is 5.32 Å².